The zero-order chi connectivity index (χ0) is 19.3. The molecule has 0 radical (unpaired) electrons. The molecule has 2 rings (SSSR count). The Morgan fingerprint density at radius 2 is 2.00 bits per heavy atom. The summed E-state index contributed by atoms with van der Waals surface area (Å²) in [5, 5.41) is 6.68. The number of hydrogen-bond acceptors (Lipinski definition) is 3. The monoisotopic (exact) mass is 378 g/mol. The van der Waals surface area contributed by atoms with Crippen LogP contribution in [0, 0.1) is 11.7 Å². The molecule has 5 nitrogen and oxygen atoms in total. The molecule has 0 saturated carbocycles. The highest BCUT2D eigenvalue weighted by Crippen LogP contribution is 2.20. The fourth-order valence-corrected chi connectivity index (χ4v) is 3.28. The molecule has 0 atom stereocenters. The van der Waals surface area contributed by atoms with Gasteiger partial charge in [-0.15, -0.1) is 0 Å². The van der Waals surface area contributed by atoms with E-state index >= 15 is 0 Å². The van der Waals surface area contributed by atoms with Gasteiger partial charge in [-0.3, -0.25) is 9.89 Å². The predicted molar refractivity (Wildman–Crippen MR) is 109 cm³/mol. The van der Waals surface area contributed by atoms with Crippen LogP contribution in [0.25, 0.3) is 0 Å². The molecule has 0 bridgehead atoms. The first-order chi connectivity index (χ1) is 13.2. The maximum absolute atomic E-state index is 13.8. The number of halogens is 1. The summed E-state index contributed by atoms with van der Waals surface area (Å²) in [5.74, 6) is 1.39. The molecule has 1 aliphatic heterocycles. The number of nitrogens with one attached hydrogen (secondary N) is 2. The summed E-state index contributed by atoms with van der Waals surface area (Å²) in [6.07, 6.45) is 3.20. The summed E-state index contributed by atoms with van der Waals surface area (Å²) in [7, 11) is 0. The van der Waals surface area contributed by atoms with Crippen molar-refractivity contribution in [1.29, 1.82) is 0 Å². The van der Waals surface area contributed by atoms with Crippen molar-refractivity contribution in [1.82, 2.24) is 15.5 Å². The van der Waals surface area contributed by atoms with E-state index in [0.717, 1.165) is 76.7 Å². The minimum Gasteiger partial charge on any atom is -0.382 e. The van der Waals surface area contributed by atoms with Crippen LogP contribution in [0.4, 0.5) is 4.39 Å². The van der Waals surface area contributed by atoms with E-state index in [9.17, 15) is 4.39 Å². The van der Waals surface area contributed by atoms with Gasteiger partial charge in [-0.05, 0) is 58.2 Å². The van der Waals surface area contributed by atoms with Gasteiger partial charge in [0.1, 0.15) is 5.82 Å². The van der Waals surface area contributed by atoms with E-state index in [-0.39, 0.29) is 5.82 Å². The second-order valence-electron chi connectivity index (χ2n) is 7.01. The lowest BCUT2D eigenvalue weighted by molar-refractivity contribution is 0.145. The van der Waals surface area contributed by atoms with E-state index < -0.39 is 0 Å². The van der Waals surface area contributed by atoms with Crippen molar-refractivity contribution in [2.45, 2.75) is 39.7 Å². The molecule has 0 amide bonds. The van der Waals surface area contributed by atoms with E-state index in [1.165, 1.54) is 0 Å². The molecule has 27 heavy (non-hydrogen) atoms. The number of hydrogen-bond donors (Lipinski definition) is 2. The van der Waals surface area contributed by atoms with Gasteiger partial charge in [0.15, 0.2) is 5.96 Å². The van der Waals surface area contributed by atoms with Crippen LogP contribution in [0.3, 0.4) is 0 Å². The third-order valence-corrected chi connectivity index (χ3v) is 4.87. The molecule has 1 aliphatic rings. The molecule has 1 heterocycles. The Kier molecular flexibility index (Phi) is 10.2. The second kappa shape index (κ2) is 12.7. The molecule has 0 unspecified atom stereocenters. The third-order valence-electron chi connectivity index (χ3n) is 4.87. The maximum atomic E-state index is 13.8. The standard InChI is InChI=1S/C21H35FN4O/c1-3-23-21(24-12-7-15-27-4-2)25-16-18-10-13-26(14-11-18)17-19-8-5-6-9-20(19)22/h5-6,8-9,18H,3-4,7,10-17H2,1-2H3,(H2,23,24,25). The van der Waals surface area contributed by atoms with Gasteiger partial charge in [-0.1, -0.05) is 18.2 Å². The molecule has 1 aromatic rings. The second-order valence-corrected chi connectivity index (χ2v) is 7.01. The van der Waals surface area contributed by atoms with Crippen molar-refractivity contribution < 1.29 is 9.13 Å². The van der Waals surface area contributed by atoms with Gasteiger partial charge in [0.2, 0.25) is 0 Å². The summed E-state index contributed by atoms with van der Waals surface area (Å²) in [6.45, 7) is 10.9. The molecule has 0 spiro atoms. The van der Waals surface area contributed by atoms with E-state index in [0.29, 0.717) is 12.5 Å². The lowest BCUT2D eigenvalue weighted by Gasteiger charge is -2.31. The fraction of sp³-hybridized carbons (Fsp3) is 0.667. The van der Waals surface area contributed by atoms with Crippen LogP contribution < -0.4 is 10.6 Å². The number of benzene rings is 1. The number of aliphatic imine (C=N–C) groups is 1. The lowest BCUT2D eigenvalue weighted by atomic mass is 9.96. The maximum Gasteiger partial charge on any atom is 0.191 e. The number of ether oxygens (including phenoxy) is 1. The number of nitrogens with zero attached hydrogens (tertiary/aromatic N) is 2. The first-order valence-electron chi connectivity index (χ1n) is 10.3. The summed E-state index contributed by atoms with van der Waals surface area (Å²) in [4.78, 5) is 7.10. The lowest BCUT2D eigenvalue weighted by Crippen LogP contribution is -2.39. The van der Waals surface area contributed by atoms with Crippen LogP contribution in [-0.2, 0) is 11.3 Å². The highest BCUT2D eigenvalue weighted by molar-refractivity contribution is 5.79. The molecular weight excluding hydrogens is 343 g/mol. The van der Waals surface area contributed by atoms with Crippen molar-refractivity contribution in [3.63, 3.8) is 0 Å². The van der Waals surface area contributed by atoms with Crippen LogP contribution in [0.1, 0.15) is 38.7 Å². The Hall–Kier alpha value is -1.66. The van der Waals surface area contributed by atoms with Gasteiger partial charge in [-0.25, -0.2) is 4.39 Å². The molecule has 152 valence electrons. The van der Waals surface area contributed by atoms with Gasteiger partial charge in [-0.2, -0.15) is 0 Å². The van der Waals surface area contributed by atoms with E-state index in [1.807, 2.05) is 19.1 Å². The first kappa shape index (κ1) is 21.6. The topological polar surface area (TPSA) is 48.9 Å². The Balaban J connectivity index is 1.71. The quantitative estimate of drug-likeness (QED) is 0.373. The number of likely N-dealkylation sites (tertiary alicyclic amines) is 1. The average molecular weight is 379 g/mol. The van der Waals surface area contributed by atoms with Crippen molar-refractivity contribution in [2.24, 2.45) is 10.9 Å². The first-order valence-corrected chi connectivity index (χ1v) is 10.3. The Morgan fingerprint density at radius 3 is 2.70 bits per heavy atom. The minimum absolute atomic E-state index is 0.102. The van der Waals surface area contributed by atoms with Gasteiger partial charge in [0.25, 0.3) is 0 Å². The molecular formula is C21H35FN4O. The molecule has 0 aromatic heterocycles. The van der Waals surface area contributed by atoms with Crippen LogP contribution in [-0.4, -0.2) is 56.8 Å². The van der Waals surface area contributed by atoms with Crippen molar-refractivity contribution in [3.05, 3.63) is 35.6 Å². The SMILES string of the molecule is CCNC(=NCC1CCN(Cc2ccccc2F)CC1)NCCCOCC. The van der Waals surface area contributed by atoms with Crippen LogP contribution >= 0.6 is 0 Å². The van der Waals surface area contributed by atoms with E-state index in [1.54, 1.807) is 12.1 Å². The number of piperidine rings is 1. The normalized spacial score (nSPS) is 16.5. The molecule has 2 N–H and O–H groups in total. The molecule has 1 fully saturated rings. The van der Waals surface area contributed by atoms with Crippen molar-refractivity contribution in [2.75, 3.05) is 45.9 Å². The Morgan fingerprint density at radius 1 is 1.22 bits per heavy atom. The smallest absolute Gasteiger partial charge is 0.191 e. The van der Waals surface area contributed by atoms with E-state index in [4.69, 9.17) is 9.73 Å². The largest absolute Gasteiger partial charge is 0.382 e. The Bertz CT molecular complexity index is 559. The molecule has 1 saturated heterocycles. The average Bonchev–Trinajstić information content (AvgIpc) is 2.69. The van der Waals surface area contributed by atoms with Crippen LogP contribution in [0.15, 0.2) is 29.3 Å². The zero-order valence-corrected chi connectivity index (χ0v) is 16.8. The van der Waals surface area contributed by atoms with E-state index in [2.05, 4.69) is 22.5 Å². The van der Waals surface area contributed by atoms with Crippen molar-refractivity contribution in [3.8, 4) is 0 Å². The third kappa shape index (κ3) is 8.26. The highest BCUT2D eigenvalue weighted by atomic mass is 19.1. The number of guanidine groups is 1. The minimum atomic E-state index is -0.102. The summed E-state index contributed by atoms with van der Waals surface area (Å²) >= 11 is 0. The van der Waals surface area contributed by atoms with Gasteiger partial charge in [0, 0.05) is 45.0 Å². The highest BCUT2D eigenvalue weighted by Gasteiger charge is 2.19. The zero-order valence-electron chi connectivity index (χ0n) is 16.8. The van der Waals surface area contributed by atoms with Crippen LogP contribution in [0.2, 0.25) is 0 Å². The van der Waals surface area contributed by atoms with Crippen LogP contribution in [0.5, 0.6) is 0 Å². The van der Waals surface area contributed by atoms with Gasteiger partial charge in [0.05, 0.1) is 0 Å². The summed E-state index contributed by atoms with van der Waals surface area (Å²) < 4.78 is 19.2. The van der Waals surface area contributed by atoms with Gasteiger partial charge >= 0.3 is 0 Å². The summed E-state index contributed by atoms with van der Waals surface area (Å²) in [5.41, 5.74) is 0.791. The van der Waals surface area contributed by atoms with Crippen molar-refractivity contribution >= 4 is 5.96 Å². The summed E-state index contributed by atoms with van der Waals surface area (Å²) in [6, 6.07) is 7.07. The molecule has 1 aromatic carbocycles. The molecule has 0 aliphatic carbocycles. The predicted octanol–water partition coefficient (Wildman–Crippen LogP) is 3.02. The molecule has 6 heteroatoms. The van der Waals surface area contributed by atoms with Gasteiger partial charge < -0.3 is 15.4 Å². The Labute approximate surface area is 163 Å². The fourth-order valence-electron chi connectivity index (χ4n) is 3.28. The number of rotatable bonds is 10.